The average Bonchev–Trinajstić information content (AvgIpc) is 2.51. The molecule has 0 aliphatic heterocycles. The molecule has 0 amide bonds. The van der Waals surface area contributed by atoms with Gasteiger partial charge in [-0.05, 0) is 44.0 Å². The summed E-state index contributed by atoms with van der Waals surface area (Å²) in [6, 6.07) is 5.69. The minimum atomic E-state index is 0.779. The monoisotopic (exact) mass is 333 g/mol. The van der Waals surface area contributed by atoms with Gasteiger partial charge in [0.1, 0.15) is 10.4 Å². The van der Waals surface area contributed by atoms with Gasteiger partial charge in [0, 0.05) is 0 Å². The van der Waals surface area contributed by atoms with E-state index in [0.717, 1.165) is 19.3 Å². The molecule has 3 nitrogen and oxygen atoms in total. The van der Waals surface area contributed by atoms with Crippen LogP contribution in [-0.2, 0) is 0 Å². The first-order chi connectivity index (χ1) is 6.74. The molecule has 0 bridgehead atoms. The van der Waals surface area contributed by atoms with Crippen LogP contribution in [-0.4, -0.2) is 9.97 Å². The lowest BCUT2D eigenvalue weighted by Gasteiger charge is -2.00. The summed E-state index contributed by atoms with van der Waals surface area (Å²) in [5.41, 5.74) is 0. The lowest BCUT2D eigenvalue weighted by Crippen LogP contribution is -1.91. The molecule has 0 aliphatic rings. The summed E-state index contributed by atoms with van der Waals surface area (Å²) in [7, 11) is 0. The van der Waals surface area contributed by atoms with E-state index in [1.807, 2.05) is 18.2 Å². The van der Waals surface area contributed by atoms with E-state index in [1.165, 1.54) is 11.3 Å². The van der Waals surface area contributed by atoms with Crippen LogP contribution in [0.3, 0.4) is 0 Å². The van der Waals surface area contributed by atoms with E-state index in [2.05, 4.69) is 47.1 Å². The van der Waals surface area contributed by atoms with Crippen LogP contribution < -0.4 is 5.32 Å². The van der Waals surface area contributed by atoms with E-state index in [0.29, 0.717) is 0 Å². The van der Waals surface area contributed by atoms with Crippen LogP contribution in [0.25, 0.3) is 0 Å². The molecule has 1 N–H and O–H groups in total. The third-order valence-electron chi connectivity index (χ3n) is 1.43. The van der Waals surface area contributed by atoms with Crippen LogP contribution >= 0.6 is 43.2 Å². The fourth-order valence-corrected chi connectivity index (χ4v) is 2.36. The maximum absolute atomic E-state index is 4.23. The lowest BCUT2D eigenvalue weighted by atomic mass is 10.5. The second kappa shape index (κ2) is 4.37. The van der Waals surface area contributed by atoms with Gasteiger partial charge in [0.15, 0.2) is 5.13 Å². The second-order valence-electron chi connectivity index (χ2n) is 2.44. The molecule has 72 valence electrons. The minimum absolute atomic E-state index is 0.779. The molecule has 0 spiro atoms. The topological polar surface area (TPSA) is 37.8 Å². The number of aromatic nitrogens is 2. The van der Waals surface area contributed by atoms with Crippen molar-refractivity contribution in [3.05, 3.63) is 32.8 Å². The van der Waals surface area contributed by atoms with Gasteiger partial charge >= 0.3 is 0 Å². The molecular weight excluding hydrogens is 330 g/mol. The molecule has 0 aliphatic carbocycles. The smallest absolute Gasteiger partial charge is 0.189 e. The molecule has 0 atom stereocenters. The Balaban J connectivity index is 2.18. The van der Waals surface area contributed by atoms with Gasteiger partial charge in [-0.15, -0.1) is 0 Å². The standard InChI is InChI=1S/C8H5Br2N3S/c9-5-2-1-3-7(12-5)13-8-11-4-6(10)14-8/h1-4H,(H,11,12,13). The van der Waals surface area contributed by atoms with E-state index in [4.69, 9.17) is 0 Å². The van der Waals surface area contributed by atoms with Crippen molar-refractivity contribution in [3.63, 3.8) is 0 Å². The van der Waals surface area contributed by atoms with Crippen LogP contribution in [0.1, 0.15) is 0 Å². The molecular formula is C8H5Br2N3S. The predicted molar refractivity (Wildman–Crippen MR) is 65.0 cm³/mol. The zero-order valence-electron chi connectivity index (χ0n) is 6.87. The van der Waals surface area contributed by atoms with E-state index in [9.17, 15) is 0 Å². The van der Waals surface area contributed by atoms with Crippen LogP contribution in [0, 0.1) is 0 Å². The number of anilines is 2. The molecule has 0 aromatic carbocycles. The van der Waals surface area contributed by atoms with Crippen molar-refractivity contribution in [3.8, 4) is 0 Å². The van der Waals surface area contributed by atoms with Crippen molar-refractivity contribution in [2.24, 2.45) is 0 Å². The number of nitrogens with one attached hydrogen (secondary N) is 1. The van der Waals surface area contributed by atoms with Crippen molar-refractivity contribution in [2.75, 3.05) is 5.32 Å². The van der Waals surface area contributed by atoms with Crippen molar-refractivity contribution in [1.82, 2.24) is 9.97 Å². The van der Waals surface area contributed by atoms with Crippen LogP contribution in [0.2, 0.25) is 0 Å². The van der Waals surface area contributed by atoms with Crippen LogP contribution in [0.4, 0.5) is 10.9 Å². The second-order valence-corrected chi connectivity index (χ2v) is 5.66. The summed E-state index contributed by atoms with van der Waals surface area (Å²) in [5, 5.41) is 3.92. The Morgan fingerprint density at radius 1 is 1.29 bits per heavy atom. The highest BCUT2D eigenvalue weighted by atomic mass is 79.9. The minimum Gasteiger partial charge on any atom is -0.316 e. The number of thiazole rings is 1. The third kappa shape index (κ3) is 2.52. The maximum atomic E-state index is 4.23. The van der Waals surface area contributed by atoms with Crippen LogP contribution in [0.5, 0.6) is 0 Å². The molecule has 0 saturated heterocycles. The van der Waals surface area contributed by atoms with E-state index < -0.39 is 0 Å². The largest absolute Gasteiger partial charge is 0.316 e. The first kappa shape index (κ1) is 10.1. The van der Waals surface area contributed by atoms with E-state index in [1.54, 1.807) is 6.20 Å². The van der Waals surface area contributed by atoms with Gasteiger partial charge in [0.05, 0.1) is 9.98 Å². The Morgan fingerprint density at radius 2 is 2.14 bits per heavy atom. The molecule has 14 heavy (non-hydrogen) atoms. The van der Waals surface area contributed by atoms with Crippen molar-refractivity contribution >= 4 is 54.1 Å². The summed E-state index contributed by atoms with van der Waals surface area (Å²) in [5.74, 6) is 0.779. The highest BCUT2D eigenvalue weighted by Crippen LogP contribution is 2.25. The molecule has 0 fully saturated rings. The van der Waals surface area contributed by atoms with Crippen LogP contribution in [0.15, 0.2) is 32.8 Å². The summed E-state index contributed by atoms with van der Waals surface area (Å²) in [4.78, 5) is 8.38. The Labute approximate surface area is 102 Å². The molecule has 2 aromatic rings. The number of hydrogen-bond acceptors (Lipinski definition) is 4. The Morgan fingerprint density at radius 3 is 2.79 bits per heavy atom. The Hall–Kier alpha value is -0.460. The van der Waals surface area contributed by atoms with Crippen molar-refractivity contribution < 1.29 is 0 Å². The van der Waals surface area contributed by atoms with Gasteiger partial charge in [0.2, 0.25) is 0 Å². The molecule has 6 heteroatoms. The lowest BCUT2D eigenvalue weighted by molar-refractivity contribution is 1.25. The highest BCUT2D eigenvalue weighted by Gasteiger charge is 2.00. The van der Waals surface area contributed by atoms with Gasteiger partial charge in [-0.2, -0.15) is 0 Å². The third-order valence-corrected chi connectivity index (χ3v) is 3.26. The molecule has 0 unspecified atom stereocenters. The van der Waals surface area contributed by atoms with Crippen molar-refractivity contribution in [1.29, 1.82) is 0 Å². The zero-order chi connectivity index (χ0) is 9.97. The van der Waals surface area contributed by atoms with Gasteiger partial charge in [-0.1, -0.05) is 17.4 Å². The van der Waals surface area contributed by atoms with E-state index in [-0.39, 0.29) is 0 Å². The first-order valence-electron chi connectivity index (χ1n) is 3.75. The SMILES string of the molecule is Brc1cccc(Nc2ncc(Br)s2)n1. The van der Waals surface area contributed by atoms with E-state index >= 15 is 0 Å². The van der Waals surface area contributed by atoms with Crippen molar-refractivity contribution in [2.45, 2.75) is 0 Å². The fraction of sp³-hybridized carbons (Fsp3) is 0. The molecule has 2 heterocycles. The maximum Gasteiger partial charge on any atom is 0.189 e. The molecule has 0 radical (unpaired) electrons. The predicted octanol–water partition coefficient (Wildman–Crippen LogP) is 3.81. The van der Waals surface area contributed by atoms with Gasteiger partial charge in [0.25, 0.3) is 0 Å². The zero-order valence-corrected chi connectivity index (χ0v) is 10.9. The van der Waals surface area contributed by atoms with Gasteiger partial charge < -0.3 is 5.32 Å². The average molecular weight is 335 g/mol. The molecule has 2 rings (SSSR count). The Kier molecular flexibility index (Phi) is 3.15. The van der Waals surface area contributed by atoms with Gasteiger partial charge in [-0.25, -0.2) is 9.97 Å². The number of nitrogens with zero attached hydrogens (tertiary/aromatic N) is 2. The number of halogens is 2. The van der Waals surface area contributed by atoms with Gasteiger partial charge in [-0.3, -0.25) is 0 Å². The normalized spacial score (nSPS) is 10.1. The quantitative estimate of drug-likeness (QED) is 0.849. The Bertz CT molecular complexity index is 444. The molecule has 0 saturated carbocycles. The number of pyridine rings is 1. The number of rotatable bonds is 2. The summed E-state index contributed by atoms with van der Waals surface area (Å²) in [6.07, 6.45) is 1.75. The summed E-state index contributed by atoms with van der Waals surface area (Å²) in [6.45, 7) is 0. The fourth-order valence-electron chi connectivity index (χ4n) is 0.900. The highest BCUT2D eigenvalue weighted by molar-refractivity contribution is 9.11. The molecule has 2 aromatic heterocycles. The summed E-state index contributed by atoms with van der Waals surface area (Å²) < 4.78 is 1.80. The summed E-state index contributed by atoms with van der Waals surface area (Å²) >= 11 is 8.18. The number of hydrogen-bond donors (Lipinski definition) is 1. The first-order valence-corrected chi connectivity index (χ1v) is 6.15.